The van der Waals surface area contributed by atoms with E-state index < -0.39 is 0 Å². The fourth-order valence-electron chi connectivity index (χ4n) is 0. The highest BCUT2D eigenvalue weighted by atomic mass is 35.5. The van der Waals surface area contributed by atoms with Gasteiger partial charge >= 0.3 is 0 Å². The van der Waals surface area contributed by atoms with Gasteiger partial charge < -0.3 is 17.3 Å². The second-order valence-corrected chi connectivity index (χ2v) is 1.07. The van der Waals surface area contributed by atoms with Crippen LogP contribution in [0.1, 0.15) is 0 Å². The van der Waals surface area contributed by atoms with Gasteiger partial charge in [0.15, 0.2) is 0 Å². The topological polar surface area (TPSA) is 20.3 Å². The van der Waals surface area contributed by atoms with E-state index in [4.69, 9.17) is 0 Å². The van der Waals surface area contributed by atoms with Gasteiger partial charge in [-0.3, -0.25) is 4.79 Å². The molecular formula is C3H7ClNO-. The SMILES string of the molecule is CN(C)C=O.[Cl-]. The van der Waals surface area contributed by atoms with E-state index in [9.17, 15) is 4.79 Å². The summed E-state index contributed by atoms with van der Waals surface area (Å²) in [6.45, 7) is 0. The van der Waals surface area contributed by atoms with E-state index in [-0.39, 0.29) is 12.4 Å². The number of carbonyl (C=O) groups is 1. The predicted octanol–water partition coefficient (Wildman–Crippen LogP) is -3.29. The molecule has 0 unspecified atom stereocenters. The van der Waals surface area contributed by atoms with Crippen molar-refractivity contribution >= 4 is 6.41 Å². The molecule has 0 saturated heterocycles. The first-order valence-corrected chi connectivity index (χ1v) is 1.39. The Morgan fingerprint density at radius 2 is 1.67 bits per heavy atom. The van der Waals surface area contributed by atoms with Gasteiger partial charge in [-0.25, -0.2) is 0 Å². The Labute approximate surface area is 43.5 Å². The van der Waals surface area contributed by atoms with Crippen LogP contribution >= 0.6 is 0 Å². The van der Waals surface area contributed by atoms with Crippen molar-refractivity contribution in [2.45, 2.75) is 0 Å². The molecule has 0 heterocycles. The van der Waals surface area contributed by atoms with Crippen molar-refractivity contribution in [3.05, 3.63) is 0 Å². The van der Waals surface area contributed by atoms with Gasteiger partial charge in [0.05, 0.1) is 0 Å². The molecule has 0 rings (SSSR count). The summed E-state index contributed by atoms with van der Waals surface area (Å²) in [5.74, 6) is 0. The first-order valence-electron chi connectivity index (χ1n) is 1.39. The maximum absolute atomic E-state index is 9.43. The number of amides is 1. The summed E-state index contributed by atoms with van der Waals surface area (Å²) in [4.78, 5) is 10.9. The largest absolute Gasteiger partial charge is 1.00 e. The maximum atomic E-state index is 9.43. The molecule has 0 saturated carbocycles. The molecule has 0 N–H and O–H groups in total. The predicted molar refractivity (Wildman–Crippen MR) is 19.8 cm³/mol. The van der Waals surface area contributed by atoms with Gasteiger partial charge in [-0.15, -0.1) is 0 Å². The van der Waals surface area contributed by atoms with Gasteiger partial charge in [-0.2, -0.15) is 0 Å². The van der Waals surface area contributed by atoms with Crippen LogP contribution < -0.4 is 12.4 Å². The van der Waals surface area contributed by atoms with Crippen molar-refractivity contribution in [2.24, 2.45) is 0 Å². The Kier molecular flexibility index (Phi) is 7.32. The van der Waals surface area contributed by atoms with Gasteiger partial charge in [0.1, 0.15) is 0 Å². The normalized spacial score (nSPS) is 5.67. The fraction of sp³-hybridized carbons (Fsp3) is 0.667. The highest BCUT2D eigenvalue weighted by molar-refractivity contribution is 5.45. The van der Waals surface area contributed by atoms with Gasteiger partial charge in [0.2, 0.25) is 6.41 Å². The molecule has 0 aliphatic heterocycles. The molecular weight excluding hydrogens is 101 g/mol. The van der Waals surface area contributed by atoms with Gasteiger partial charge in [0, 0.05) is 14.1 Å². The number of nitrogens with zero attached hydrogens (tertiary/aromatic N) is 1. The van der Waals surface area contributed by atoms with Crippen molar-refractivity contribution in [3.8, 4) is 0 Å². The van der Waals surface area contributed by atoms with Crippen LogP contribution in [-0.4, -0.2) is 25.4 Å². The van der Waals surface area contributed by atoms with E-state index in [0.29, 0.717) is 0 Å². The number of halogens is 1. The van der Waals surface area contributed by atoms with Crippen LogP contribution in [0.15, 0.2) is 0 Å². The Morgan fingerprint density at radius 3 is 1.67 bits per heavy atom. The maximum Gasteiger partial charge on any atom is 0.209 e. The molecule has 0 fully saturated rings. The van der Waals surface area contributed by atoms with E-state index >= 15 is 0 Å². The molecule has 0 bridgehead atoms. The molecule has 0 aromatic carbocycles. The second-order valence-electron chi connectivity index (χ2n) is 1.07. The third kappa shape index (κ3) is 9.25. The third-order valence-electron chi connectivity index (χ3n) is 0.211. The molecule has 0 aromatic heterocycles. The summed E-state index contributed by atoms with van der Waals surface area (Å²) >= 11 is 0. The molecule has 2 nitrogen and oxygen atoms in total. The molecule has 1 amide bonds. The lowest BCUT2D eigenvalue weighted by Crippen LogP contribution is -3.00. The molecule has 0 aromatic rings. The fourth-order valence-corrected chi connectivity index (χ4v) is 0. The minimum Gasteiger partial charge on any atom is -1.00 e. The Balaban J connectivity index is 0. The van der Waals surface area contributed by atoms with Crippen molar-refractivity contribution < 1.29 is 17.2 Å². The van der Waals surface area contributed by atoms with Gasteiger partial charge in [-0.05, 0) is 0 Å². The molecule has 0 aliphatic rings. The molecule has 6 heavy (non-hydrogen) atoms. The molecule has 3 heteroatoms. The van der Waals surface area contributed by atoms with Crippen LogP contribution in [0.5, 0.6) is 0 Å². The van der Waals surface area contributed by atoms with Crippen molar-refractivity contribution in [1.29, 1.82) is 0 Å². The van der Waals surface area contributed by atoms with Crippen LogP contribution in [0.4, 0.5) is 0 Å². The van der Waals surface area contributed by atoms with E-state index in [1.807, 2.05) is 0 Å². The zero-order valence-corrected chi connectivity index (χ0v) is 4.57. The van der Waals surface area contributed by atoms with Crippen molar-refractivity contribution in [3.63, 3.8) is 0 Å². The third-order valence-corrected chi connectivity index (χ3v) is 0.211. The van der Waals surface area contributed by atoms with Gasteiger partial charge in [-0.1, -0.05) is 0 Å². The minimum atomic E-state index is 0. The number of carbonyl (C=O) groups excluding carboxylic acids is 1. The quantitative estimate of drug-likeness (QED) is 0.323. The molecule has 0 atom stereocenters. The van der Waals surface area contributed by atoms with Crippen LogP contribution in [-0.2, 0) is 4.79 Å². The Hall–Kier alpha value is -0.240. The molecule has 0 aliphatic carbocycles. The lowest BCUT2D eigenvalue weighted by atomic mass is 11.0. The number of rotatable bonds is 1. The summed E-state index contributed by atoms with van der Waals surface area (Å²) in [7, 11) is 3.38. The smallest absolute Gasteiger partial charge is 0.209 e. The highest BCUT2D eigenvalue weighted by Crippen LogP contribution is 1.52. The summed E-state index contributed by atoms with van der Waals surface area (Å²) < 4.78 is 0. The average Bonchev–Trinajstić information content (AvgIpc) is 1.38. The minimum absolute atomic E-state index is 0. The molecule has 0 spiro atoms. The first kappa shape index (κ1) is 9.23. The zero-order valence-electron chi connectivity index (χ0n) is 3.81. The number of hydrogen-bond acceptors (Lipinski definition) is 1. The second kappa shape index (κ2) is 4.76. The number of hydrogen-bond donors (Lipinski definition) is 0. The summed E-state index contributed by atoms with van der Waals surface area (Å²) in [6, 6.07) is 0. The lowest BCUT2D eigenvalue weighted by Gasteiger charge is -1.93. The summed E-state index contributed by atoms with van der Waals surface area (Å²) in [5.41, 5.74) is 0. The Morgan fingerprint density at radius 1 is 1.50 bits per heavy atom. The Bertz CT molecular complexity index is 37.8. The molecule has 38 valence electrons. The lowest BCUT2D eigenvalue weighted by molar-refractivity contribution is -0.115. The molecule has 0 radical (unpaired) electrons. The average molecular weight is 109 g/mol. The zero-order chi connectivity index (χ0) is 4.28. The van der Waals surface area contributed by atoms with Crippen LogP contribution in [0, 0.1) is 0 Å². The van der Waals surface area contributed by atoms with Crippen LogP contribution in [0.2, 0.25) is 0 Å². The summed E-state index contributed by atoms with van der Waals surface area (Å²) in [6.07, 6.45) is 0.750. The summed E-state index contributed by atoms with van der Waals surface area (Å²) in [5, 5.41) is 0. The van der Waals surface area contributed by atoms with Crippen LogP contribution in [0.25, 0.3) is 0 Å². The first-order chi connectivity index (χ1) is 2.27. The standard InChI is InChI=1S/C3H7NO.ClH/c1-4(2)3-5;/h3H,1-2H3;1H/p-1. The van der Waals surface area contributed by atoms with E-state index in [0.717, 1.165) is 6.41 Å². The van der Waals surface area contributed by atoms with Crippen molar-refractivity contribution in [1.82, 2.24) is 4.90 Å². The van der Waals surface area contributed by atoms with E-state index in [1.54, 1.807) is 14.1 Å². The van der Waals surface area contributed by atoms with Crippen molar-refractivity contribution in [2.75, 3.05) is 14.1 Å². The van der Waals surface area contributed by atoms with Crippen LogP contribution in [0.3, 0.4) is 0 Å². The van der Waals surface area contributed by atoms with Gasteiger partial charge in [0.25, 0.3) is 0 Å². The van der Waals surface area contributed by atoms with E-state index in [2.05, 4.69) is 0 Å². The van der Waals surface area contributed by atoms with E-state index in [1.165, 1.54) is 4.90 Å². The monoisotopic (exact) mass is 108 g/mol. The highest BCUT2D eigenvalue weighted by Gasteiger charge is 1.68.